The van der Waals surface area contributed by atoms with Crippen LogP contribution in [0, 0.1) is 0 Å². The van der Waals surface area contributed by atoms with Crippen LogP contribution in [0.5, 0.6) is 0 Å². The summed E-state index contributed by atoms with van der Waals surface area (Å²) >= 11 is 0. The highest BCUT2D eigenvalue weighted by Crippen LogP contribution is 2.28. The number of fused-ring (bicyclic) bond motifs is 1. The summed E-state index contributed by atoms with van der Waals surface area (Å²) < 4.78 is 0. The van der Waals surface area contributed by atoms with Gasteiger partial charge in [-0.2, -0.15) is 0 Å². The van der Waals surface area contributed by atoms with Gasteiger partial charge in [-0.3, -0.25) is 4.79 Å². The molecule has 0 spiro atoms. The number of likely N-dealkylation sites (tertiary alicyclic amines) is 1. The van der Waals surface area contributed by atoms with E-state index in [0.29, 0.717) is 18.5 Å². The lowest BCUT2D eigenvalue weighted by Crippen LogP contribution is -2.41. The Bertz CT molecular complexity index is 556. The zero-order valence-corrected chi connectivity index (χ0v) is 11.3. The van der Waals surface area contributed by atoms with E-state index in [1.165, 1.54) is 4.90 Å². The summed E-state index contributed by atoms with van der Waals surface area (Å²) in [5, 5.41) is 12.5. The SMILES string of the molecule is O=C(O)C1CCCN1C(=O)c1cccc2c1CCCN2. The van der Waals surface area contributed by atoms with Crippen LogP contribution in [0.25, 0.3) is 0 Å². The van der Waals surface area contributed by atoms with E-state index in [9.17, 15) is 14.7 Å². The third kappa shape index (κ3) is 2.13. The molecule has 2 N–H and O–H groups in total. The molecule has 0 aliphatic carbocycles. The predicted octanol–water partition coefficient (Wildman–Crippen LogP) is 1.73. The molecule has 1 aromatic carbocycles. The molecule has 3 rings (SSSR count). The van der Waals surface area contributed by atoms with Gasteiger partial charge in [0.2, 0.25) is 0 Å². The normalized spacial score (nSPS) is 21.2. The molecule has 1 saturated heterocycles. The number of carbonyl (C=O) groups is 2. The van der Waals surface area contributed by atoms with Crippen molar-refractivity contribution in [3.63, 3.8) is 0 Å². The Morgan fingerprint density at radius 3 is 2.95 bits per heavy atom. The number of nitrogens with one attached hydrogen (secondary N) is 1. The summed E-state index contributed by atoms with van der Waals surface area (Å²) in [4.78, 5) is 25.4. The first-order valence-electron chi connectivity index (χ1n) is 7.08. The first-order chi connectivity index (χ1) is 9.68. The van der Waals surface area contributed by atoms with Crippen LogP contribution in [-0.2, 0) is 11.2 Å². The van der Waals surface area contributed by atoms with E-state index in [0.717, 1.165) is 37.1 Å². The third-order valence-corrected chi connectivity index (χ3v) is 4.12. The minimum absolute atomic E-state index is 0.143. The summed E-state index contributed by atoms with van der Waals surface area (Å²) in [6.45, 7) is 1.46. The standard InChI is InChI=1S/C15H18N2O3/c18-14(17-9-3-7-13(17)15(19)20)11-4-1-6-12-10(11)5-2-8-16-12/h1,4,6,13,16H,2-3,5,7-9H2,(H,19,20). The summed E-state index contributed by atoms with van der Waals surface area (Å²) in [5.74, 6) is -1.05. The topological polar surface area (TPSA) is 69.6 Å². The Hall–Kier alpha value is -2.04. The molecular formula is C15H18N2O3. The van der Waals surface area contributed by atoms with Gasteiger partial charge in [0.15, 0.2) is 0 Å². The number of carbonyl (C=O) groups excluding carboxylic acids is 1. The second-order valence-corrected chi connectivity index (χ2v) is 5.36. The second-order valence-electron chi connectivity index (χ2n) is 5.36. The Morgan fingerprint density at radius 1 is 1.30 bits per heavy atom. The molecular weight excluding hydrogens is 256 g/mol. The number of hydrogen-bond acceptors (Lipinski definition) is 3. The maximum atomic E-state index is 12.7. The van der Waals surface area contributed by atoms with Crippen LogP contribution in [0.1, 0.15) is 35.2 Å². The molecule has 5 heteroatoms. The van der Waals surface area contributed by atoms with Crippen molar-refractivity contribution in [2.45, 2.75) is 31.7 Å². The number of rotatable bonds is 2. The second kappa shape index (κ2) is 5.15. The van der Waals surface area contributed by atoms with Gasteiger partial charge in [-0.05, 0) is 43.4 Å². The Balaban J connectivity index is 1.93. The fraction of sp³-hybridized carbons (Fsp3) is 0.467. The zero-order chi connectivity index (χ0) is 14.1. The quantitative estimate of drug-likeness (QED) is 0.861. The number of anilines is 1. The van der Waals surface area contributed by atoms with Gasteiger partial charge in [-0.25, -0.2) is 4.79 Å². The van der Waals surface area contributed by atoms with Crippen molar-refractivity contribution in [1.82, 2.24) is 4.90 Å². The van der Waals surface area contributed by atoms with E-state index in [-0.39, 0.29) is 5.91 Å². The Kier molecular flexibility index (Phi) is 3.34. The molecule has 1 fully saturated rings. The highest BCUT2D eigenvalue weighted by Gasteiger charge is 2.35. The highest BCUT2D eigenvalue weighted by atomic mass is 16.4. The molecule has 1 atom stereocenters. The van der Waals surface area contributed by atoms with Gasteiger partial charge in [0, 0.05) is 24.3 Å². The van der Waals surface area contributed by atoms with Gasteiger partial charge in [0.05, 0.1) is 0 Å². The van der Waals surface area contributed by atoms with Gasteiger partial charge in [0.25, 0.3) is 5.91 Å². The van der Waals surface area contributed by atoms with Crippen LogP contribution in [-0.4, -0.2) is 41.0 Å². The van der Waals surface area contributed by atoms with Gasteiger partial charge in [-0.15, -0.1) is 0 Å². The zero-order valence-electron chi connectivity index (χ0n) is 11.3. The van der Waals surface area contributed by atoms with E-state index in [2.05, 4.69) is 5.32 Å². The number of aliphatic carboxylic acids is 1. The Labute approximate surface area is 117 Å². The fourth-order valence-electron chi connectivity index (χ4n) is 3.13. The van der Waals surface area contributed by atoms with Crippen molar-refractivity contribution in [2.75, 3.05) is 18.4 Å². The molecule has 0 bridgehead atoms. The lowest BCUT2D eigenvalue weighted by molar-refractivity contribution is -0.141. The molecule has 1 amide bonds. The Morgan fingerprint density at radius 2 is 2.15 bits per heavy atom. The van der Waals surface area contributed by atoms with E-state index < -0.39 is 12.0 Å². The van der Waals surface area contributed by atoms with Gasteiger partial charge in [0.1, 0.15) is 6.04 Å². The molecule has 0 saturated carbocycles. The molecule has 5 nitrogen and oxygen atoms in total. The number of amides is 1. The van der Waals surface area contributed by atoms with Crippen LogP contribution in [0.2, 0.25) is 0 Å². The first-order valence-corrected chi connectivity index (χ1v) is 7.08. The molecule has 2 aliphatic rings. The number of carboxylic acids is 1. The van der Waals surface area contributed by atoms with Crippen LogP contribution >= 0.6 is 0 Å². The number of nitrogens with zero attached hydrogens (tertiary/aromatic N) is 1. The monoisotopic (exact) mass is 274 g/mol. The maximum absolute atomic E-state index is 12.7. The summed E-state index contributed by atoms with van der Waals surface area (Å²) in [6.07, 6.45) is 3.18. The minimum Gasteiger partial charge on any atom is -0.480 e. The van der Waals surface area contributed by atoms with Crippen molar-refractivity contribution in [2.24, 2.45) is 0 Å². The van der Waals surface area contributed by atoms with Crippen molar-refractivity contribution in [3.8, 4) is 0 Å². The fourth-order valence-corrected chi connectivity index (χ4v) is 3.13. The number of benzene rings is 1. The van der Waals surface area contributed by atoms with E-state index in [1.807, 2.05) is 18.2 Å². The molecule has 1 unspecified atom stereocenters. The van der Waals surface area contributed by atoms with Crippen LogP contribution in [0.15, 0.2) is 18.2 Å². The largest absolute Gasteiger partial charge is 0.480 e. The third-order valence-electron chi connectivity index (χ3n) is 4.12. The van der Waals surface area contributed by atoms with Gasteiger partial charge < -0.3 is 15.3 Å². The smallest absolute Gasteiger partial charge is 0.326 e. The summed E-state index contributed by atoms with van der Waals surface area (Å²) in [7, 11) is 0. The summed E-state index contributed by atoms with van der Waals surface area (Å²) in [6, 6.07) is 4.97. The van der Waals surface area contributed by atoms with E-state index >= 15 is 0 Å². The average Bonchev–Trinajstić information content (AvgIpc) is 2.95. The molecule has 2 heterocycles. The molecule has 20 heavy (non-hydrogen) atoms. The van der Waals surface area contributed by atoms with Crippen molar-refractivity contribution in [1.29, 1.82) is 0 Å². The molecule has 2 aliphatic heterocycles. The van der Waals surface area contributed by atoms with Crippen molar-refractivity contribution in [3.05, 3.63) is 29.3 Å². The van der Waals surface area contributed by atoms with Gasteiger partial charge in [-0.1, -0.05) is 6.07 Å². The maximum Gasteiger partial charge on any atom is 0.326 e. The highest BCUT2D eigenvalue weighted by molar-refractivity contribution is 5.99. The van der Waals surface area contributed by atoms with Crippen molar-refractivity contribution >= 4 is 17.6 Å². The van der Waals surface area contributed by atoms with Crippen LogP contribution in [0.4, 0.5) is 5.69 Å². The van der Waals surface area contributed by atoms with E-state index in [4.69, 9.17) is 0 Å². The van der Waals surface area contributed by atoms with Crippen molar-refractivity contribution < 1.29 is 14.7 Å². The van der Waals surface area contributed by atoms with Crippen LogP contribution < -0.4 is 5.32 Å². The number of hydrogen-bond donors (Lipinski definition) is 2. The van der Waals surface area contributed by atoms with Gasteiger partial charge >= 0.3 is 5.97 Å². The minimum atomic E-state index is -0.904. The number of carboxylic acid groups (broad SMARTS) is 1. The lowest BCUT2D eigenvalue weighted by atomic mass is 9.96. The molecule has 0 radical (unpaired) electrons. The first kappa shape index (κ1) is 13.0. The van der Waals surface area contributed by atoms with E-state index in [1.54, 1.807) is 0 Å². The average molecular weight is 274 g/mol. The predicted molar refractivity (Wildman–Crippen MR) is 74.9 cm³/mol. The molecule has 106 valence electrons. The lowest BCUT2D eigenvalue weighted by Gasteiger charge is -2.25. The molecule has 0 aromatic heterocycles. The summed E-state index contributed by atoms with van der Waals surface area (Å²) in [5.41, 5.74) is 2.69. The van der Waals surface area contributed by atoms with Crippen LogP contribution in [0.3, 0.4) is 0 Å². The molecule has 1 aromatic rings.